The standard InChI is InChI=1S/C14H16O2/c1-8-11-5-3-4-9-6-10(16-2)7-12(13(9)11)14(8)15/h6-8,11H,3-5H2,1-2H3. The first-order valence-corrected chi connectivity index (χ1v) is 5.97. The Hall–Kier alpha value is -1.31. The summed E-state index contributed by atoms with van der Waals surface area (Å²) < 4.78 is 5.27. The number of methoxy groups -OCH3 is 1. The van der Waals surface area contributed by atoms with Crippen molar-refractivity contribution in [1.29, 1.82) is 0 Å². The number of carbonyl (C=O) groups is 1. The van der Waals surface area contributed by atoms with E-state index < -0.39 is 0 Å². The summed E-state index contributed by atoms with van der Waals surface area (Å²) >= 11 is 0. The van der Waals surface area contributed by atoms with Crippen LogP contribution in [0.1, 0.15) is 47.2 Å². The Morgan fingerprint density at radius 1 is 1.38 bits per heavy atom. The van der Waals surface area contributed by atoms with Crippen LogP contribution in [0.3, 0.4) is 0 Å². The maximum atomic E-state index is 12.2. The molecule has 0 amide bonds. The number of benzene rings is 1. The van der Waals surface area contributed by atoms with E-state index in [9.17, 15) is 4.79 Å². The lowest BCUT2D eigenvalue weighted by atomic mass is 9.81. The summed E-state index contributed by atoms with van der Waals surface area (Å²) in [6, 6.07) is 4.03. The van der Waals surface area contributed by atoms with Crippen molar-refractivity contribution < 1.29 is 9.53 Å². The van der Waals surface area contributed by atoms with Crippen LogP contribution in [-0.2, 0) is 6.42 Å². The summed E-state index contributed by atoms with van der Waals surface area (Å²) in [7, 11) is 1.66. The average Bonchev–Trinajstić information content (AvgIpc) is 2.56. The molecule has 84 valence electrons. The van der Waals surface area contributed by atoms with Crippen molar-refractivity contribution in [3.63, 3.8) is 0 Å². The van der Waals surface area contributed by atoms with Crippen LogP contribution in [0.4, 0.5) is 0 Å². The molecular formula is C14H16O2. The summed E-state index contributed by atoms with van der Waals surface area (Å²) in [4.78, 5) is 12.2. The van der Waals surface area contributed by atoms with Gasteiger partial charge in [-0.05, 0) is 48.4 Å². The van der Waals surface area contributed by atoms with Crippen molar-refractivity contribution in [2.24, 2.45) is 5.92 Å². The molecule has 0 bridgehead atoms. The van der Waals surface area contributed by atoms with E-state index in [0.29, 0.717) is 11.7 Å². The van der Waals surface area contributed by atoms with E-state index in [-0.39, 0.29) is 5.92 Å². The Labute approximate surface area is 95.6 Å². The molecule has 0 aliphatic heterocycles. The van der Waals surface area contributed by atoms with Crippen molar-refractivity contribution in [1.82, 2.24) is 0 Å². The second-order valence-corrected chi connectivity index (χ2v) is 4.90. The topological polar surface area (TPSA) is 26.3 Å². The molecule has 2 aliphatic rings. The Morgan fingerprint density at radius 3 is 2.94 bits per heavy atom. The second-order valence-electron chi connectivity index (χ2n) is 4.90. The number of rotatable bonds is 1. The summed E-state index contributed by atoms with van der Waals surface area (Å²) in [6.45, 7) is 2.06. The fourth-order valence-electron chi connectivity index (χ4n) is 3.24. The molecule has 0 saturated heterocycles. The van der Waals surface area contributed by atoms with Crippen LogP contribution in [0, 0.1) is 5.92 Å². The lowest BCUT2D eigenvalue weighted by Crippen LogP contribution is -2.12. The fourth-order valence-corrected chi connectivity index (χ4v) is 3.24. The largest absolute Gasteiger partial charge is 0.497 e. The molecule has 0 saturated carbocycles. The molecule has 2 heteroatoms. The van der Waals surface area contributed by atoms with E-state index in [4.69, 9.17) is 4.74 Å². The maximum Gasteiger partial charge on any atom is 0.166 e. The van der Waals surface area contributed by atoms with Crippen molar-refractivity contribution >= 4 is 5.78 Å². The van der Waals surface area contributed by atoms with Crippen LogP contribution in [0.2, 0.25) is 0 Å². The zero-order valence-corrected chi connectivity index (χ0v) is 9.75. The van der Waals surface area contributed by atoms with Crippen LogP contribution >= 0.6 is 0 Å². The Balaban J connectivity index is 2.24. The molecule has 2 aliphatic carbocycles. The predicted molar refractivity (Wildman–Crippen MR) is 62.2 cm³/mol. The van der Waals surface area contributed by atoms with E-state index in [1.165, 1.54) is 24.0 Å². The van der Waals surface area contributed by atoms with Crippen molar-refractivity contribution in [3.05, 3.63) is 28.8 Å². The monoisotopic (exact) mass is 216 g/mol. The van der Waals surface area contributed by atoms with Gasteiger partial charge in [0.05, 0.1) is 7.11 Å². The van der Waals surface area contributed by atoms with Crippen LogP contribution in [0.5, 0.6) is 5.75 Å². The molecule has 1 aromatic carbocycles. The highest BCUT2D eigenvalue weighted by Crippen LogP contribution is 2.47. The number of carbonyl (C=O) groups excluding carboxylic acids is 1. The first kappa shape index (κ1) is 9.88. The molecule has 0 fully saturated rings. The van der Waals surface area contributed by atoms with Gasteiger partial charge in [-0.15, -0.1) is 0 Å². The van der Waals surface area contributed by atoms with Crippen LogP contribution in [0.15, 0.2) is 12.1 Å². The third kappa shape index (κ3) is 1.16. The van der Waals surface area contributed by atoms with Crippen molar-refractivity contribution in [2.75, 3.05) is 7.11 Å². The number of ether oxygens (including phenoxy) is 1. The SMILES string of the molecule is COc1cc2c3c(c1)C(=O)C(C)C3CCC2. The van der Waals surface area contributed by atoms with E-state index in [1.54, 1.807) is 7.11 Å². The third-order valence-electron chi connectivity index (χ3n) is 4.09. The van der Waals surface area contributed by atoms with Gasteiger partial charge in [0, 0.05) is 11.5 Å². The van der Waals surface area contributed by atoms with Crippen molar-refractivity contribution in [2.45, 2.75) is 32.1 Å². The molecule has 0 N–H and O–H groups in total. The van der Waals surface area contributed by atoms with Gasteiger partial charge in [0.25, 0.3) is 0 Å². The van der Waals surface area contributed by atoms with E-state index in [1.807, 2.05) is 6.07 Å². The summed E-state index contributed by atoms with van der Waals surface area (Å²) in [6.07, 6.45) is 3.46. The second kappa shape index (κ2) is 3.34. The molecule has 1 aromatic rings. The molecule has 2 unspecified atom stereocenters. The molecular weight excluding hydrogens is 200 g/mol. The Morgan fingerprint density at radius 2 is 2.19 bits per heavy atom. The van der Waals surface area contributed by atoms with Gasteiger partial charge in [0.15, 0.2) is 5.78 Å². The molecule has 16 heavy (non-hydrogen) atoms. The van der Waals surface area contributed by atoms with E-state index >= 15 is 0 Å². The van der Waals surface area contributed by atoms with Gasteiger partial charge >= 0.3 is 0 Å². The van der Waals surface area contributed by atoms with Gasteiger partial charge in [-0.2, -0.15) is 0 Å². The molecule has 0 heterocycles. The molecule has 0 aromatic heterocycles. The quantitative estimate of drug-likeness (QED) is 0.721. The number of Topliss-reactive ketones (excluding diaryl/α,β-unsaturated/α-hetero) is 1. The van der Waals surface area contributed by atoms with E-state index in [2.05, 4.69) is 13.0 Å². The van der Waals surface area contributed by atoms with Gasteiger partial charge in [0.1, 0.15) is 5.75 Å². The Kier molecular flexibility index (Phi) is 2.06. The normalized spacial score (nSPS) is 26.8. The van der Waals surface area contributed by atoms with Crippen LogP contribution < -0.4 is 4.74 Å². The lowest BCUT2D eigenvalue weighted by Gasteiger charge is -2.23. The minimum Gasteiger partial charge on any atom is -0.497 e. The van der Waals surface area contributed by atoms with Gasteiger partial charge in [-0.25, -0.2) is 0 Å². The minimum atomic E-state index is 0.168. The molecule has 2 atom stereocenters. The smallest absolute Gasteiger partial charge is 0.166 e. The Bertz CT molecular complexity index is 462. The molecule has 3 rings (SSSR count). The summed E-state index contributed by atoms with van der Waals surface area (Å²) in [5.41, 5.74) is 3.58. The number of hydrogen-bond acceptors (Lipinski definition) is 2. The first-order valence-electron chi connectivity index (χ1n) is 5.97. The van der Waals surface area contributed by atoms with Crippen LogP contribution in [0.25, 0.3) is 0 Å². The number of aryl methyl sites for hydroxylation is 1. The highest BCUT2D eigenvalue weighted by molar-refractivity contribution is 6.03. The van der Waals surface area contributed by atoms with Crippen LogP contribution in [-0.4, -0.2) is 12.9 Å². The maximum absolute atomic E-state index is 12.2. The first-order chi connectivity index (χ1) is 7.72. The van der Waals surface area contributed by atoms with Gasteiger partial charge < -0.3 is 4.74 Å². The highest BCUT2D eigenvalue weighted by atomic mass is 16.5. The number of hydrogen-bond donors (Lipinski definition) is 0. The zero-order chi connectivity index (χ0) is 11.3. The summed E-state index contributed by atoms with van der Waals surface area (Å²) in [5.74, 6) is 1.78. The van der Waals surface area contributed by atoms with Crippen molar-refractivity contribution in [3.8, 4) is 5.75 Å². The predicted octanol–water partition coefficient (Wildman–Crippen LogP) is 2.95. The average molecular weight is 216 g/mol. The van der Waals surface area contributed by atoms with E-state index in [0.717, 1.165) is 17.7 Å². The third-order valence-corrected chi connectivity index (χ3v) is 4.09. The van der Waals surface area contributed by atoms with Gasteiger partial charge in [0.2, 0.25) is 0 Å². The molecule has 0 radical (unpaired) electrons. The van der Waals surface area contributed by atoms with Gasteiger partial charge in [-0.3, -0.25) is 4.79 Å². The molecule has 0 spiro atoms. The highest BCUT2D eigenvalue weighted by Gasteiger charge is 2.39. The minimum absolute atomic E-state index is 0.168. The van der Waals surface area contributed by atoms with Gasteiger partial charge in [-0.1, -0.05) is 6.92 Å². The zero-order valence-electron chi connectivity index (χ0n) is 9.75. The lowest BCUT2D eigenvalue weighted by molar-refractivity contribution is 0.0931. The fraction of sp³-hybridized carbons (Fsp3) is 0.500. The number of ketones is 1. The summed E-state index contributed by atoms with van der Waals surface area (Å²) in [5, 5.41) is 0. The molecule has 2 nitrogen and oxygen atoms in total.